The van der Waals surface area contributed by atoms with Gasteiger partial charge in [0.1, 0.15) is 12.4 Å². The largest absolute Gasteiger partial charge is 0.494 e. The van der Waals surface area contributed by atoms with Crippen molar-refractivity contribution in [2.24, 2.45) is 0 Å². The molecule has 3 heteroatoms. The van der Waals surface area contributed by atoms with Crippen molar-refractivity contribution in [3.8, 4) is 5.75 Å². The van der Waals surface area contributed by atoms with Crippen LogP contribution in [0.5, 0.6) is 5.75 Å². The Kier molecular flexibility index (Phi) is 6.01. The number of hydrogen-bond acceptors (Lipinski definition) is 3. The van der Waals surface area contributed by atoms with Crippen LogP contribution in [0, 0.1) is 6.07 Å². The van der Waals surface area contributed by atoms with Gasteiger partial charge >= 0.3 is 5.97 Å². The Morgan fingerprint density at radius 2 is 1.91 bits per heavy atom. The molecule has 0 aromatic heterocycles. The van der Waals surface area contributed by atoms with E-state index in [0.717, 1.165) is 36.3 Å². The summed E-state index contributed by atoms with van der Waals surface area (Å²) in [6.45, 7) is 4.55. The second-order valence-electron chi connectivity index (χ2n) is 5.17. The summed E-state index contributed by atoms with van der Waals surface area (Å²) in [6.07, 6.45) is 1.80. The molecule has 0 heterocycles. The zero-order valence-corrected chi connectivity index (χ0v) is 13.1. The van der Waals surface area contributed by atoms with E-state index >= 15 is 0 Å². The molecule has 0 aliphatic heterocycles. The quantitative estimate of drug-likeness (QED) is 0.726. The lowest BCUT2D eigenvalue weighted by Gasteiger charge is -2.07. The van der Waals surface area contributed by atoms with Gasteiger partial charge in [-0.25, -0.2) is 0 Å². The summed E-state index contributed by atoms with van der Waals surface area (Å²) in [5.74, 6) is 0.634. The molecule has 0 atom stereocenters. The lowest BCUT2D eigenvalue weighted by molar-refractivity contribution is -0.142. The first-order chi connectivity index (χ1) is 10.7. The molecule has 1 radical (unpaired) electrons. The fourth-order valence-electron chi connectivity index (χ4n) is 2.09. The summed E-state index contributed by atoms with van der Waals surface area (Å²) in [6, 6.07) is 17.1. The average Bonchev–Trinajstić information content (AvgIpc) is 2.53. The van der Waals surface area contributed by atoms with Crippen molar-refractivity contribution in [1.82, 2.24) is 0 Å². The Bertz CT molecular complexity index is 602. The standard InChI is InChI=1S/C19H21O3/c1-3-11-21-19-9-7-16(8-10-19)12-17-5-4-6-18(13-17)14-22-15(2)20/h4,6-10,13H,3,11-12,14H2,1-2H3. The molecule has 115 valence electrons. The van der Waals surface area contributed by atoms with Gasteiger partial charge in [-0.3, -0.25) is 4.79 Å². The fourth-order valence-corrected chi connectivity index (χ4v) is 2.09. The number of esters is 1. The second-order valence-corrected chi connectivity index (χ2v) is 5.17. The number of carbonyl (C=O) groups excluding carboxylic acids is 1. The molecule has 0 unspecified atom stereocenters. The van der Waals surface area contributed by atoms with Crippen LogP contribution in [0.2, 0.25) is 0 Å². The van der Waals surface area contributed by atoms with Gasteiger partial charge in [0.15, 0.2) is 0 Å². The van der Waals surface area contributed by atoms with Crippen LogP contribution in [0.1, 0.15) is 37.0 Å². The van der Waals surface area contributed by atoms with Crippen molar-refractivity contribution in [1.29, 1.82) is 0 Å². The summed E-state index contributed by atoms with van der Waals surface area (Å²) in [7, 11) is 0. The third-order valence-corrected chi connectivity index (χ3v) is 3.16. The van der Waals surface area contributed by atoms with Crippen LogP contribution in [0.25, 0.3) is 0 Å². The first-order valence-electron chi connectivity index (χ1n) is 7.52. The number of benzene rings is 2. The molecule has 2 aromatic carbocycles. The number of rotatable bonds is 7. The van der Waals surface area contributed by atoms with Crippen molar-refractivity contribution in [3.05, 3.63) is 65.2 Å². The Balaban J connectivity index is 1.97. The number of carbonyl (C=O) groups is 1. The monoisotopic (exact) mass is 297 g/mol. The number of hydrogen-bond donors (Lipinski definition) is 0. The smallest absolute Gasteiger partial charge is 0.302 e. The fraction of sp³-hybridized carbons (Fsp3) is 0.316. The van der Waals surface area contributed by atoms with Crippen LogP contribution >= 0.6 is 0 Å². The van der Waals surface area contributed by atoms with Crippen molar-refractivity contribution < 1.29 is 14.3 Å². The molecule has 0 aliphatic carbocycles. The minimum absolute atomic E-state index is 0.267. The zero-order chi connectivity index (χ0) is 15.8. The van der Waals surface area contributed by atoms with E-state index in [4.69, 9.17) is 9.47 Å². The van der Waals surface area contributed by atoms with E-state index in [2.05, 4.69) is 25.1 Å². The van der Waals surface area contributed by atoms with Gasteiger partial charge in [0.2, 0.25) is 0 Å². The molecule has 0 fully saturated rings. The summed E-state index contributed by atoms with van der Waals surface area (Å²) in [4.78, 5) is 10.9. The highest BCUT2D eigenvalue weighted by atomic mass is 16.5. The van der Waals surface area contributed by atoms with Gasteiger partial charge in [0.05, 0.1) is 6.61 Å². The third kappa shape index (κ3) is 5.24. The molecule has 2 rings (SSSR count). The zero-order valence-electron chi connectivity index (χ0n) is 13.1. The molecule has 0 aliphatic rings. The molecule has 0 amide bonds. The summed E-state index contributed by atoms with van der Waals surface area (Å²) < 4.78 is 10.6. The first kappa shape index (κ1) is 16.1. The van der Waals surface area contributed by atoms with E-state index in [1.165, 1.54) is 12.5 Å². The molecular formula is C19H21O3. The van der Waals surface area contributed by atoms with E-state index in [-0.39, 0.29) is 5.97 Å². The van der Waals surface area contributed by atoms with Crippen LogP contribution in [-0.4, -0.2) is 12.6 Å². The molecular weight excluding hydrogens is 276 g/mol. The van der Waals surface area contributed by atoms with Gasteiger partial charge in [-0.15, -0.1) is 0 Å². The van der Waals surface area contributed by atoms with E-state index in [0.29, 0.717) is 6.61 Å². The maximum absolute atomic E-state index is 10.9. The lowest BCUT2D eigenvalue weighted by Crippen LogP contribution is -1.99. The molecule has 0 saturated carbocycles. The highest BCUT2D eigenvalue weighted by Gasteiger charge is 2.01. The van der Waals surface area contributed by atoms with Gasteiger partial charge in [-0.1, -0.05) is 37.3 Å². The summed E-state index contributed by atoms with van der Waals surface area (Å²) in [5, 5.41) is 0. The van der Waals surface area contributed by atoms with Crippen molar-refractivity contribution in [3.63, 3.8) is 0 Å². The van der Waals surface area contributed by atoms with Crippen LogP contribution in [0.15, 0.2) is 42.5 Å². The molecule has 0 bridgehead atoms. The molecule has 3 nitrogen and oxygen atoms in total. The molecule has 22 heavy (non-hydrogen) atoms. The molecule has 0 N–H and O–H groups in total. The van der Waals surface area contributed by atoms with Crippen LogP contribution < -0.4 is 4.74 Å². The van der Waals surface area contributed by atoms with Crippen molar-refractivity contribution >= 4 is 5.97 Å². The number of ether oxygens (including phenoxy) is 2. The Labute approximate surface area is 131 Å². The van der Waals surface area contributed by atoms with Gasteiger partial charge in [0.25, 0.3) is 0 Å². The Morgan fingerprint density at radius 1 is 1.14 bits per heavy atom. The Morgan fingerprint density at radius 3 is 2.59 bits per heavy atom. The van der Waals surface area contributed by atoms with Gasteiger partial charge in [0, 0.05) is 6.92 Å². The predicted molar refractivity (Wildman–Crippen MR) is 85.8 cm³/mol. The lowest BCUT2D eigenvalue weighted by atomic mass is 10.0. The summed E-state index contributed by atoms with van der Waals surface area (Å²) >= 11 is 0. The van der Waals surface area contributed by atoms with E-state index in [9.17, 15) is 4.79 Å². The van der Waals surface area contributed by atoms with Crippen LogP contribution in [0.3, 0.4) is 0 Å². The molecule has 0 saturated heterocycles. The maximum Gasteiger partial charge on any atom is 0.302 e. The highest BCUT2D eigenvalue weighted by molar-refractivity contribution is 5.65. The maximum atomic E-state index is 10.9. The second kappa shape index (κ2) is 8.23. The molecule has 2 aromatic rings. The SMILES string of the molecule is CCCOc1ccc(Cc2[c]ccc(COC(C)=O)c2)cc1. The Hall–Kier alpha value is -2.29. The van der Waals surface area contributed by atoms with Crippen molar-refractivity contribution in [2.75, 3.05) is 6.61 Å². The minimum Gasteiger partial charge on any atom is -0.494 e. The minimum atomic E-state index is -0.267. The highest BCUT2D eigenvalue weighted by Crippen LogP contribution is 2.16. The first-order valence-corrected chi connectivity index (χ1v) is 7.52. The average molecular weight is 297 g/mol. The van der Waals surface area contributed by atoms with Crippen molar-refractivity contribution in [2.45, 2.75) is 33.3 Å². The van der Waals surface area contributed by atoms with Crippen LogP contribution in [-0.2, 0) is 22.6 Å². The van der Waals surface area contributed by atoms with Gasteiger partial charge < -0.3 is 9.47 Å². The third-order valence-electron chi connectivity index (χ3n) is 3.16. The summed E-state index contributed by atoms with van der Waals surface area (Å²) in [5.41, 5.74) is 3.25. The van der Waals surface area contributed by atoms with Crippen LogP contribution in [0.4, 0.5) is 0 Å². The van der Waals surface area contributed by atoms with Gasteiger partial charge in [-0.2, -0.15) is 0 Å². The van der Waals surface area contributed by atoms with E-state index in [1.54, 1.807) is 0 Å². The predicted octanol–water partition coefficient (Wildman–Crippen LogP) is 3.93. The van der Waals surface area contributed by atoms with E-state index in [1.807, 2.05) is 30.3 Å². The van der Waals surface area contributed by atoms with Gasteiger partial charge in [-0.05, 0) is 47.7 Å². The normalized spacial score (nSPS) is 10.3. The van der Waals surface area contributed by atoms with E-state index < -0.39 is 0 Å². The molecule has 0 spiro atoms. The topological polar surface area (TPSA) is 35.5 Å².